The summed E-state index contributed by atoms with van der Waals surface area (Å²) in [7, 11) is 0. The van der Waals surface area contributed by atoms with Crippen molar-refractivity contribution >= 4 is 33.4 Å². The SMILES string of the molecule is NC1(CNC(=O)c2cc(Cl)cc(Br)c2)CCC1. The lowest BCUT2D eigenvalue weighted by atomic mass is 9.78. The second-order valence-corrected chi connectivity index (χ2v) is 5.91. The van der Waals surface area contributed by atoms with Gasteiger partial charge in [0.1, 0.15) is 0 Å². The van der Waals surface area contributed by atoms with E-state index in [2.05, 4.69) is 21.2 Å². The van der Waals surface area contributed by atoms with Gasteiger partial charge in [-0.1, -0.05) is 27.5 Å². The molecule has 0 aliphatic heterocycles. The Hall–Kier alpha value is -0.580. The van der Waals surface area contributed by atoms with Crippen molar-refractivity contribution in [2.75, 3.05) is 6.54 Å². The fraction of sp³-hybridized carbons (Fsp3) is 0.417. The standard InChI is InChI=1S/C12H14BrClN2O/c13-9-4-8(5-10(14)6-9)11(17)16-7-12(15)2-1-3-12/h4-6H,1-3,7,15H2,(H,16,17). The Morgan fingerprint density at radius 1 is 1.47 bits per heavy atom. The number of rotatable bonds is 3. The number of hydrogen-bond donors (Lipinski definition) is 2. The van der Waals surface area contributed by atoms with Gasteiger partial charge in [-0.25, -0.2) is 0 Å². The molecule has 0 saturated heterocycles. The van der Waals surface area contributed by atoms with Crippen molar-refractivity contribution < 1.29 is 4.79 Å². The van der Waals surface area contributed by atoms with E-state index in [1.54, 1.807) is 18.2 Å². The molecular formula is C12H14BrClN2O. The zero-order valence-electron chi connectivity index (χ0n) is 9.30. The first kappa shape index (κ1) is 12.9. The predicted octanol–water partition coefficient (Wildman–Crippen LogP) is 2.71. The van der Waals surface area contributed by atoms with Crippen LogP contribution in [0.5, 0.6) is 0 Å². The van der Waals surface area contributed by atoms with Crippen molar-refractivity contribution in [1.29, 1.82) is 0 Å². The first-order chi connectivity index (χ1) is 7.98. The second kappa shape index (κ2) is 4.96. The van der Waals surface area contributed by atoms with Crippen LogP contribution in [-0.2, 0) is 0 Å². The average molecular weight is 318 g/mol. The smallest absolute Gasteiger partial charge is 0.251 e. The molecular weight excluding hydrogens is 304 g/mol. The van der Waals surface area contributed by atoms with Gasteiger partial charge >= 0.3 is 0 Å². The van der Waals surface area contributed by atoms with E-state index < -0.39 is 0 Å². The number of halogens is 2. The lowest BCUT2D eigenvalue weighted by Gasteiger charge is -2.38. The van der Waals surface area contributed by atoms with Gasteiger partial charge in [-0.15, -0.1) is 0 Å². The highest BCUT2D eigenvalue weighted by atomic mass is 79.9. The number of carbonyl (C=O) groups is 1. The third-order valence-corrected chi connectivity index (χ3v) is 3.75. The van der Waals surface area contributed by atoms with Crippen LogP contribution in [0, 0.1) is 0 Å². The minimum Gasteiger partial charge on any atom is -0.350 e. The summed E-state index contributed by atoms with van der Waals surface area (Å²) in [6.07, 6.45) is 3.11. The molecule has 1 aliphatic rings. The summed E-state index contributed by atoms with van der Waals surface area (Å²) >= 11 is 9.20. The Labute approximate surface area is 114 Å². The van der Waals surface area contributed by atoms with Gasteiger partial charge in [-0.3, -0.25) is 4.79 Å². The molecule has 92 valence electrons. The number of nitrogens with one attached hydrogen (secondary N) is 1. The zero-order chi connectivity index (χ0) is 12.5. The molecule has 1 aliphatic carbocycles. The lowest BCUT2D eigenvalue weighted by molar-refractivity contribution is 0.0929. The predicted molar refractivity (Wildman–Crippen MR) is 72.3 cm³/mol. The Balaban J connectivity index is 1.99. The molecule has 5 heteroatoms. The van der Waals surface area contributed by atoms with Crippen molar-refractivity contribution in [3.8, 4) is 0 Å². The van der Waals surface area contributed by atoms with E-state index in [4.69, 9.17) is 17.3 Å². The van der Waals surface area contributed by atoms with E-state index in [1.807, 2.05) is 0 Å². The lowest BCUT2D eigenvalue weighted by Crippen LogP contribution is -2.54. The highest BCUT2D eigenvalue weighted by Gasteiger charge is 2.32. The molecule has 0 atom stereocenters. The van der Waals surface area contributed by atoms with Crippen LogP contribution in [0.1, 0.15) is 29.6 Å². The molecule has 1 amide bonds. The Kier molecular flexibility index (Phi) is 3.76. The summed E-state index contributed by atoms with van der Waals surface area (Å²) in [5.74, 6) is -0.134. The van der Waals surface area contributed by atoms with Crippen molar-refractivity contribution in [2.45, 2.75) is 24.8 Å². The normalized spacial score (nSPS) is 17.4. The topological polar surface area (TPSA) is 55.1 Å². The van der Waals surface area contributed by atoms with Crippen LogP contribution in [0.4, 0.5) is 0 Å². The number of carbonyl (C=O) groups excluding carboxylic acids is 1. The quantitative estimate of drug-likeness (QED) is 0.900. The van der Waals surface area contributed by atoms with Crippen LogP contribution in [0.25, 0.3) is 0 Å². The average Bonchev–Trinajstić information content (AvgIpc) is 2.22. The summed E-state index contributed by atoms with van der Waals surface area (Å²) < 4.78 is 0.793. The molecule has 0 spiro atoms. The van der Waals surface area contributed by atoms with E-state index in [1.165, 1.54) is 0 Å². The minimum atomic E-state index is -0.203. The van der Waals surface area contributed by atoms with Gasteiger partial charge in [0.15, 0.2) is 0 Å². The van der Waals surface area contributed by atoms with Crippen LogP contribution in [0.15, 0.2) is 22.7 Å². The molecule has 17 heavy (non-hydrogen) atoms. The maximum atomic E-state index is 11.9. The fourth-order valence-corrected chi connectivity index (χ4v) is 2.71. The van der Waals surface area contributed by atoms with E-state index in [0.717, 1.165) is 23.7 Å². The summed E-state index contributed by atoms with van der Waals surface area (Å²) in [6, 6.07) is 5.13. The van der Waals surface area contributed by atoms with Crippen molar-refractivity contribution in [3.05, 3.63) is 33.3 Å². The van der Waals surface area contributed by atoms with E-state index >= 15 is 0 Å². The Bertz CT molecular complexity index is 426. The van der Waals surface area contributed by atoms with Gasteiger partial charge in [-0.05, 0) is 37.5 Å². The first-order valence-electron chi connectivity index (χ1n) is 5.52. The van der Waals surface area contributed by atoms with Crippen LogP contribution in [-0.4, -0.2) is 18.0 Å². The Morgan fingerprint density at radius 3 is 2.71 bits per heavy atom. The van der Waals surface area contributed by atoms with Crippen LogP contribution < -0.4 is 11.1 Å². The van der Waals surface area contributed by atoms with Gasteiger partial charge in [0.05, 0.1) is 0 Å². The number of nitrogens with two attached hydrogens (primary N) is 1. The maximum Gasteiger partial charge on any atom is 0.251 e. The van der Waals surface area contributed by atoms with E-state index in [9.17, 15) is 4.79 Å². The molecule has 1 saturated carbocycles. The molecule has 0 aromatic heterocycles. The summed E-state index contributed by atoms with van der Waals surface area (Å²) in [5.41, 5.74) is 6.38. The van der Waals surface area contributed by atoms with Gasteiger partial charge in [0.2, 0.25) is 0 Å². The van der Waals surface area contributed by atoms with E-state index in [-0.39, 0.29) is 11.4 Å². The van der Waals surface area contributed by atoms with Gasteiger partial charge in [0.25, 0.3) is 5.91 Å². The minimum absolute atomic E-state index is 0.134. The summed E-state index contributed by atoms with van der Waals surface area (Å²) in [4.78, 5) is 11.9. The molecule has 0 bridgehead atoms. The van der Waals surface area contributed by atoms with Crippen LogP contribution in [0.3, 0.4) is 0 Å². The maximum absolute atomic E-state index is 11.9. The summed E-state index contributed by atoms with van der Waals surface area (Å²) in [6.45, 7) is 0.524. The highest BCUT2D eigenvalue weighted by molar-refractivity contribution is 9.10. The van der Waals surface area contributed by atoms with Crippen molar-refractivity contribution in [2.24, 2.45) is 5.73 Å². The molecule has 1 aromatic rings. The molecule has 1 aromatic carbocycles. The van der Waals surface area contributed by atoms with E-state index in [0.29, 0.717) is 17.1 Å². The van der Waals surface area contributed by atoms with Crippen molar-refractivity contribution in [3.63, 3.8) is 0 Å². The van der Waals surface area contributed by atoms with Crippen LogP contribution in [0.2, 0.25) is 5.02 Å². The fourth-order valence-electron chi connectivity index (χ4n) is 1.85. The third-order valence-electron chi connectivity index (χ3n) is 3.08. The van der Waals surface area contributed by atoms with Crippen LogP contribution >= 0.6 is 27.5 Å². The monoisotopic (exact) mass is 316 g/mol. The van der Waals surface area contributed by atoms with Gasteiger partial charge in [0, 0.05) is 27.1 Å². The second-order valence-electron chi connectivity index (χ2n) is 4.56. The molecule has 0 unspecified atom stereocenters. The van der Waals surface area contributed by atoms with Crippen molar-refractivity contribution in [1.82, 2.24) is 5.32 Å². The summed E-state index contributed by atoms with van der Waals surface area (Å²) in [5, 5.41) is 3.39. The number of hydrogen-bond acceptors (Lipinski definition) is 2. The van der Waals surface area contributed by atoms with Gasteiger partial charge in [-0.2, -0.15) is 0 Å². The molecule has 0 radical (unpaired) electrons. The van der Waals surface area contributed by atoms with Gasteiger partial charge < -0.3 is 11.1 Å². The first-order valence-corrected chi connectivity index (χ1v) is 6.69. The molecule has 3 nitrogen and oxygen atoms in total. The molecule has 0 heterocycles. The largest absolute Gasteiger partial charge is 0.350 e. The Morgan fingerprint density at radius 2 is 2.18 bits per heavy atom. The number of benzene rings is 1. The molecule has 1 fully saturated rings. The molecule has 2 rings (SSSR count). The molecule has 3 N–H and O–H groups in total. The number of amides is 1. The highest BCUT2D eigenvalue weighted by Crippen LogP contribution is 2.28. The zero-order valence-corrected chi connectivity index (χ0v) is 11.6. The third kappa shape index (κ3) is 3.21.